The molecule has 1 N–H and O–H groups in total. The van der Waals surface area contributed by atoms with Crippen LogP contribution in [0.25, 0.3) is 0 Å². The summed E-state index contributed by atoms with van der Waals surface area (Å²) in [6.45, 7) is 5.60. The first-order valence-corrected chi connectivity index (χ1v) is 8.01. The number of rotatable bonds is 6. The molecular formula is C13H20ClNO2S. The van der Waals surface area contributed by atoms with E-state index < -0.39 is 15.6 Å². The van der Waals surface area contributed by atoms with Gasteiger partial charge in [-0.3, -0.25) is 0 Å². The van der Waals surface area contributed by atoms with Gasteiger partial charge in [0, 0.05) is 11.4 Å². The molecule has 0 spiro atoms. The molecule has 1 aromatic rings. The third-order valence-electron chi connectivity index (χ3n) is 2.52. The van der Waals surface area contributed by atoms with E-state index in [0.717, 1.165) is 18.4 Å². The Bertz CT molecular complexity index is 480. The Labute approximate surface area is 115 Å². The van der Waals surface area contributed by atoms with Crippen molar-refractivity contribution in [1.29, 1.82) is 0 Å². The number of nitrogens with one attached hydrogen (secondary N) is 1. The molecule has 0 fully saturated rings. The summed E-state index contributed by atoms with van der Waals surface area (Å²) in [5.41, 5.74) is 0.496. The van der Waals surface area contributed by atoms with Gasteiger partial charge in [0.2, 0.25) is 10.0 Å². The number of hydrogen-bond donors (Lipinski definition) is 1. The number of alkyl halides is 1. The summed E-state index contributed by atoms with van der Waals surface area (Å²) >= 11 is 5.73. The van der Waals surface area contributed by atoms with Crippen molar-refractivity contribution in [1.82, 2.24) is 4.72 Å². The van der Waals surface area contributed by atoms with Crippen LogP contribution in [0.5, 0.6) is 0 Å². The zero-order valence-corrected chi connectivity index (χ0v) is 12.6. The van der Waals surface area contributed by atoms with Crippen molar-refractivity contribution in [3.63, 3.8) is 0 Å². The molecule has 1 rings (SSSR count). The van der Waals surface area contributed by atoms with Gasteiger partial charge >= 0.3 is 0 Å². The molecular weight excluding hydrogens is 270 g/mol. The molecule has 0 unspecified atom stereocenters. The summed E-state index contributed by atoms with van der Waals surface area (Å²) in [6.07, 6.45) is 2.00. The summed E-state index contributed by atoms with van der Waals surface area (Å²) in [7, 11) is -3.50. The van der Waals surface area contributed by atoms with Gasteiger partial charge in [-0.15, -0.1) is 11.6 Å². The van der Waals surface area contributed by atoms with Crippen molar-refractivity contribution >= 4 is 21.6 Å². The maximum absolute atomic E-state index is 12.1. The number of aryl methyl sites for hydroxylation is 1. The van der Waals surface area contributed by atoms with Gasteiger partial charge in [-0.25, -0.2) is 13.1 Å². The summed E-state index contributed by atoms with van der Waals surface area (Å²) in [5, 5.41) is 0. The molecule has 0 bridgehead atoms. The van der Waals surface area contributed by atoms with E-state index in [4.69, 9.17) is 11.6 Å². The first-order valence-electron chi connectivity index (χ1n) is 5.99. The normalized spacial score (nSPS) is 12.7. The van der Waals surface area contributed by atoms with Crippen molar-refractivity contribution < 1.29 is 8.42 Å². The van der Waals surface area contributed by atoms with Crippen LogP contribution in [0.1, 0.15) is 32.8 Å². The Kier molecular flexibility index (Phi) is 5.20. The largest absolute Gasteiger partial charge is 0.241 e. The Morgan fingerprint density at radius 3 is 2.22 bits per heavy atom. The highest BCUT2D eigenvalue weighted by Crippen LogP contribution is 2.15. The first kappa shape index (κ1) is 15.5. The smallest absolute Gasteiger partial charge is 0.207 e. The second-order valence-electron chi connectivity index (χ2n) is 5.02. The molecule has 0 aromatic heterocycles. The first-order chi connectivity index (χ1) is 8.30. The number of sulfonamides is 1. The zero-order chi connectivity index (χ0) is 13.8. The number of hydrogen-bond acceptors (Lipinski definition) is 2. The molecule has 0 radical (unpaired) electrons. The van der Waals surface area contributed by atoms with Crippen LogP contribution in [0.3, 0.4) is 0 Å². The van der Waals surface area contributed by atoms with Crippen LogP contribution in [0, 0.1) is 0 Å². The second-order valence-corrected chi connectivity index (χ2v) is 6.97. The quantitative estimate of drug-likeness (QED) is 0.819. The van der Waals surface area contributed by atoms with E-state index in [-0.39, 0.29) is 10.8 Å². The Balaban J connectivity index is 2.92. The maximum atomic E-state index is 12.1. The molecule has 0 saturated carbocycles. The SMILES string of the molecule is CCCc1ccc(S(=O)(=O)NC(C)(C)CCl)cc1. The van der Waals surface area contributed by atoms with E-state index in [1.54, 1.807) is 26.0 Å². The van der Waals surface area contributed by atoms with Gasteiger partial charge in [-0.1, -0.05) is 25.5 Å². The van der Waals surface area contributed by atoms with E-state index in [0.29, 0.717) is 0 Å². The van der Waals surface area contributed by atoms with Gasteiger partial charge in [0.1, 0.15) is 0 Å². The number of benzene rings is 1. The van der Waals surface area contributed by atoms with E-state index >= 15 is 0 Å². The lowest BCUT2D eigenvalue weighted by molar-refractivity contribution is 0.496. The maximum Gasteiger partial charge on any atom is 0.241 e. The van der Waals surface area contributed by atoms with Crippen LogP contribution in [0.4, 0.5) is 0 Å². The second kappa shape index (κ2) is 6.04. The predicted octanol–water partition coefficient (Wildman–Crippen LogP) is 2.93. The minimum absolute atomic E-state index is 0.222. The fourth-order valence-corrected chi connectivity index (χ4v) is 3.13. The molecule has 3 nitrogen and oxygen atoms in total. The monoisotopic (exact) mass is 289 g/mol. The molecule has 0 heterocycles. The fourth-order valence-electron chi connectivity index (χ4n) is 1.57. The Morgan fingerprint density at radius 2 is 1.78 bits per heavy atom. The van der Waals surface area contributed by atoms with Crippen LogP contribution < -0.4 is 4.72 Å². The predicted molar refractivity (Wildman–Crippen MR) is 75.6 cm³/mol. The molecule has 0 aliphatic carbocycles. The van der Waals surface area contributed by atoms with Crippen molar-refractivity contribution in [3.05, 3.63) is 29.8 Å². The minimum atomic E-state index is -3.50. The fraction of sp³-hybridized carbons (Fsp3) is 0.538. The van der Waals surface area contributed by atoms with Crippen molar-refractivity contribution in [2.24, 2.45) is 0 Å². The van der Waals surface area contributed by atoms with Gasteiger partial charge in [0.25, 0.3) is 0 Å². The Hall–Kier alpha value is -0.580. The molecule has 5 heteroatoms. The molecule has 0 aliphatic rings. The van der Waals surface area contributed by atoms with Gasteiger partial charge in [0.15, 0.2) is 0 Å². The molecule has 1 aromatic carbocycles. The third-order valence-corrected chi connectivity index (χ3v) is 4.90. The third kappa shape index (κ3) is 4.26. The van der Waals surface area contributed by atoms with Crippen LogP contribution >= 0.6 is 11.6 Å². The lowest BCUT2D eigenvalue weighted by Crippen LogP contribution is -2.44. The summed E-state index contributed by atoms with van der Waals surface area (Å²) in [4.78, 5) is 0.278. The van der Waals surface area contributed by atoms with Gasteiger partial charge < -0.3 is 0 Å². The van der Waals surface area contributed by atoms with E-state index in [9.17, 15) is 8.42 Å². The van der Waals surface area contributed by atoms with Gasteiger partial charge in [-0.05, 0) is 38.0 Å². The average molecular weight is 290 g/mol. The minimum Gasteiger partial charge on any atom is -0.207 e. The average Bonchev–Trinajstić information content (AvgIpc) is 2.29. The standard InChI is InChI=1S/C13H20ClNO2S/c1-4-5-11-6-8-12(9-7-11)18(16,17)15-13(2,3)10-14/h6-9,15H,4-5,10H2,1-3H3. The lowest BCUT2D eigenvalue weighted by Gasteiger charge is -2.23. The molecule has 0 amide bonds. The number of halogens is 1. The van der Waals surface area contributed by atoms with Crippen molar-refractivity contribution in [3.8, 4) is 0 Å². The summed E-state index contributed by atoms with van der Waals surface area (Å²) in [6, 6.07) is 6.98. The molecule has 0 aliphatic heterocycles. The van der Waals surface area contributed by atoms with Gasteiger partial charge in [0.05, 0.1) is 4.90 Å². The van der Waals surface area contributed by atoms with Crippen molar-refractivity contribution in [2.45, 2.75) is 44.0 Å². The highest BCUT2D eigenvalue weighted by Gasteiger charge is 2.25. The summed E-state index contributed by atoms with van der Waals surface area (Å²) < 4.78 is 26.8. The zero-order valence-electron chi connectivity index (χ0n) is 11.0. The van der Waals surface area contributed by atoms with E-state index in [2.05, 4.69) is 11.6 Å². The van der Waals surface area contributed by atoms with E-state index in [1.807, 2.05) is 12.1 Å². The topological polar surface area (TPSA) is 46.2 Å². The molecule has 0 saturated heterocycles. The van der Waals surface area contributed by atoms with Crippen LogP contribution in [-0.4, -0.2) is 19.8 Å². The highest BCUT2D eigenvalue weighted by molar-refractivity contribution is 7.89. The Morgan fingerprint density at radius 1 is 1.22 bits per heavy atom. The van der Waals surface area contributed by atoms with Gasteiger partial charge in [-0.2, -0.15) is 0 Å². The van der Waals surface area contributed by atoms with Crippen LogP contribution in [0.15, 0.2) is 29.2 Å². The molecule has 0 atom stereocenters. The summed E-state index contributed by atoms with van der Waals surface area (Å²) in [5.74, 6) is 0.222. The highest BCUT2D eigenvalue weighted by atomic mass is 35.5. The molecule has 102 valence electrons. The molecule has 18 heavy (non-hydrogen) atoms. The van der Waals surface area contributed by atoms with Crippen molar-refractivity contribution in [2.75, 3.05) is 5.88 Å². The van der Waals surface area contributed by atoms with Crippen LogP contribution in [0.2, 0.25) is 0 Å². The van der Waals surface area contributed by atoms with Crippen LogP contribution in [-0.2, 0) is 16.4 Å². The lowest BCUT2D eigenvalue weighted by atomic mass is 10.1. The van der Waals surface area contributed by atoms with E-state index in [1.165, 1.54) is 0 Å².